The molecule has 0 aliphatic carbocycles. The van der Waals surface area contributed by atoms with Gasteiger partial charge in [-0.1, -0.05) is 18.2 Å². The molecule has 2 aromatic heterocycles. The van der Waals surface area contributed by atoms with E-state index in [2.05, 4.69) is 15.4 Å². The molecule has 6 nitrogen and oxygen atoms in total. The molecule has 0 aliphatic rings. The predicted octanol–water partition coefficient (Wildman–Crippen LogP) is 3.12. The highest BCUT2D eigenvalue weighted by Gasteiger charge is 2.15. The molecule has 0 saturated carbocycles. The first kappa shape index (κ1) is 17.2. The Balaban J connectivity index is 1.71. The van der Waals surface area contributed by atoms with E-state index in [0.717, 1.165) is 22.6 Å². The molecule has 2 heterocycles. The number of nitrogens with zero attached hydrogens (tertiary/aromatic N) is 2. The average Bonchev–Trinajstić information content (AvgIpc) is 3.11. The van der Waals surface area contributed by atoms with Crippen molar-refractivity contribution in [1.29, 1.82) is 0 Å². The number of hydrogen-bond acceptors (Lipinski definition) is 4. The van der Waals surface area contributed by atoms with E-state index in [1.807, 2.05) is 50.4 Å². The Labute approximate surface area is 149 Å². The Kier molecular flexibility index (Phi) is 4.85. The number of anilines is 1. The van der Waals surface area contributed by atoms with Gasteiger partial charge in [0.05, 0.1) is 5.69 Å². The van der Waals surface area contributed by atoms with Crippen LogP contribution in [-0.2, 0) is 11.2 Å². The molecule has 0 aliphatic heterocycles. The first-order valence-corrected chi connectivity index (χ1v) is 8.92. The number of thiazole rings is 1. The van der Waals surface area contributed by atoms with E-state index in [1.54, 1.807) is 0 Å². The number of carbonyl (C=O) groups is 1. The second kappa shape index (κ2) is 7.06. The second-order valence-corrected chi connectivity index (χ2v) is 6.83. The smallest absolute Gasteiger partial charge is 0.276 e. The minimum Gasteiger partial charge on any atom is -0.326 e. The topological polar surface area (TPSA) is 79.8 Å². The van der Waals surface area contributed by atoms with E-state index in [1.165, 1.54) is 16.0 Å². The molecule has 0 fully saturated rings. The number of para-hydroxylation sites is 1. The van der Waals surface area contributed by atoms with Crippen LogP contribution in [0.15, 0.2) is 34.4 Å². The number of hydrogen-bond donors (Lipinski definition) is 2. The summed E-state index contributed by atoms with van der Waals surface area (Å²) in [4.78, 5) is 29.1. The first-order valence-electron chi connectivity index (χ1n) is 8.04. The highest BCUT2D eigenvalue weighted by Crippen LogP contribution is 2.15. The Hall–Kier alpha value is -2.67. The molecular formula is C18H20N4O2S. The number of amides is 1. The van der Waals surface area contributed by atoms with Gasteiger partial charge in [0.15, 0.2) is 0 Å². The number of aryl methyl sites for hydroxylation is 3. The normalized spacial score (nSPS) is 10.8. The van der Waals surface area contributed by atoms with Gasteiger partial charge in [-0.3, -0.25) is 14.7 Å². The molecule has 0 unspecified atom stereocenters. The maximum Gasteiger partial charge on any atom is 0.276 e. The van der Waals surface area contributed by atoms with Crippen molar-refractivity contribution >= 4 is 22.9 Å². The highest BCUT2D eigenvalue weighted by molar-refractivity contribution is 7.12. The number of carbonyl (C=O) groups excluding carboxylic acids is 1. The summed E-state index contributed by atoms with van der Waals surface area (Å²) in [6.07, 6.45) is 0.634. The van der Waals surface area contributed by atoms with E-state index in [0.29, 0.717) is 17.1 Å². The van der Waals surface area contributed by atoms with Crippen LogP contribution in [0.5, 0.6) is 0 Å². The van der Waals surface area contributed by atoms with Gasteiger partial charge in [-0.2, -0.15) is 4.68 Å². The zero-order chi connectivity index (χ0) is 18.0. The number of H-pyrrole nitrogens is 1. The summed E-state index contributed by atoms with van der Waals surface area (Å²) >= 11 is 1.41. The Morgan fingerprint density at radius 2 is 2.04 bits per heavy atom. The van der Waals surface area contributed by atoms with Crippen molar-refractivity contribution < 1.29 is 4.79 Å². The molecule has 7 heteroatoms. The molecule has 25 heavy (non-hydrogen) atoms. The average molecular weight is 356 g/mol. The minimum absolute atomic E-state index is 0.106. The van der Waals surface area contributed by atoms with Gasteiger partial charge in [0.25, 0.3) is 5.56 Å². The summed E-state index contributed by atoms with van der Waals surface area (Å²) in [7, 11) is 0. The number of rotatable bonds is 5. The van der Waals surface area contributed by atoms with Gasteiger partial charge in [-0.15, -0.1) is 11.3 Å². The maximum absolute atomic E-state index is 12.6. The zero-order valence-electron chi connectivity index (χ0n) is 14.4. The van der Waals surface area contributed by atoms with Gasteiger partial charge >= 0.3 is 0 Å². The van der Waals surface area contributed by atoms with E-state index in [4.69, 9.17) is 0 Å². The number of aromatic amines is 1. The van der Waals surface area contributed by atoms with Crippen molar-refractivity contribution in [3.63, 3.8) is 0 Å². The van der Waals surface area contributed by atoms with Gasteiger partial charge in [-0.25, -0.2) is 4.98 Å². The fourth-order valence-corrected chi connectivity index (χ4v) is 3.38. The standard InChI is InChI=1S/C18H20N4O2S/c1-11-6-4-5-7-15(11)20-16(23)9-8-14-13(3)21-22(17(14)24)18-19-12(2)10-25-18/h4-7,10,21H,8-9H2,1-3H3,(H,20,23). The van der Waals surface area contributed by atoms with Crippen LogP contribution in [-0.4, -0.2) is 20.7 Å². The molecule has 0 atom stereocenters. The van der Waals surface area contributed by atoms with E-state index in [9.17, 15) is 9.59 Å². The van der Waals surface area contributed by atoms with E-state index in [-0.39, 0.29) is 17.9 Å². The third-order valence-corrected chi connectivity index (χ3v) is 4.96. The largest absolute Gasteiger partial charge is 0.326 e. The van der Waals surface area contributed by atoms with Crippen LogP contribution in [0.25, 0.3) is 5.13 Å². The fraction of sp³-hybridized carbons (Fsp3) is 0.278. The highest BCUT2D eigenvalue weighted by atomic mass is 32.1. The Morgan fingerprint density at radius 3 is 2.72 bits per heavy atom. The van der Waals surface area contributed by atoms with Gasteiger partial charge in [-0.05, 0) is 38.8 Å². The summed E-state index contributed by atoms with van der Waals surface area (Å²) in [6, 6.07) is 7.62. The molecule has 1 amide bonds. The van der Waals surface area contributed by atoms with Crippen LogP contribution in [0.2, 0.25) is 0 Å². The molecule has 0 bridgehead atoms. The molecule has 130 valence electrons. The van der Waals surface area contributed by atoms with Crippen molar-refractivity contribution in [3.05, 3.63) is 62.5 Å². The van der Waals surface area contributed by atoms with Crippen molar-refractivity contribution in [2.24, 2.45) is 0 Å². The lowest BCUT2D eigenvalue weighted by molar-refractivity contribution is -0.116. The number of nitrogens with one attached hydrogen (secondary N) is 2. The molecule has 3 rings (SSSR count). The lowest BCUT2D eigenvalue weighted by Gasteiger charge is -2.07. The van der Waals surface area contributed by atoms with Gasteiger partial charge < -0.3 is 5.32 Å². The molecule has 2 N–H and O–H groups in total. The molecule has 1 aromatic carbocycles. The third kappa shape index (κ3) is 3.71. The van der Waals surface area contributed by atoms with Gasteiger partial charge in [0.1, 0.15) is 0 Å². The van der Waals surface area contributed by atoms with Crippen LogP contribution in [0.1, 0.15) is 28.9 Å². The molecule has 0 radical (unpaired) electrons. The molecule has 0 spiro atoms. The molecule has 3 aromatic rings. The third-order valence-electron chi connectivity index (χ3n) is 4.01. The van der Waals surface area contributed by atoms with E-state index < -0.39 is 0 Å². The van der Waals surface area contributed by atoms with Crippen molar-refractivity contribution in [1.82, 2.24) is 14.8 Å². The van der Waals surface area contributed by atoms with Crippen LogP contribution in [0.4, 0.5) is 5.69 Å². The monoisotopic (exact) mass is 356 g/mol. The molecule has 0 saturated heterocycles. The van der Waals surface area contributed by atoms with Crippen molar-refractivity contribution in [3.8, 4) is 5.13 Å². The SMILES string of the molecule is Cc1csc(-n2[nH]c(C)c(CCC(=O)Nc3ccccc3C)c2=O)n1. The summed E-state index contributed by atoms with van der Waals surface area (Å²) in [5, 5.41) is 8.45. The first-order chi connectivity index (χ1) is 12.0. The summed E-state index contributed by atoms with van der Waals surface area (Å²) in [6.45, 7) is 5.67. The predicted molar refractivity (Wildman–Crippen MR) is 99.7 cm³/mol. The van der Waals surface area contributed by atoms with E-state index >= 15 is 0 Å². The van der Waals surface area contributed by atoms with Gasteiger partial charge in [0.2, 0.25) is 11.0 Å². The summed E-state index contributed by atoms with van der Waals surface area (Å²) in [5.74, 6) is -0.106. The fourth-order valence-electron chi connectivity index (χ4n) is 2.62. The summed E-state index contributed by atoms with van der Waals surface area (Å²) in [5.41, 5.74) is 3.92. The van der Waals surface area contributed by atoms with Crippen LogP contribution in [0, 0.1) is 20.8 Å². The molecular weight excluding hydrogens is 336 g/mol. The lowest BCUT2D eigenvalue weighted by Crippen LogP contribution is -2.19. The number of benzene rings is 1. The minimum atomic E-state index is -0.143. The van der Waals surface area contributed by atoms with Gasteiger partial charge in [0, 0.05) is 28.7 Å². The zero-order valence-corrected chi connectivity index (χ0v) is 15.2. The van der Waals surface area contributed by atoms with Crippen molar-refractivity contribution in [2.45, 2.75) is 33.6 Å². The van der Waals surface area contributed by atoms with Crippen molar-refractivity contribution in [2.75, 3.05) is 5.32 Å². The van der Waals surface area contributed by atoms with Crippen LogP contribution >= 0.6 is 11.3 Å². The number of aromatic nitrogens is 3. The Bertz CT molecular complexity index is 968. The quantitative estimate of drug-likeness (QED) is 0.737. The van der Waals surface area contributed by atoms with Crippen LogP contribution < -0.4 is 10.9 Å². The maximum atomic E-state index is 12.6. The Morgan fingerprint density at radius 1 is 1.28 bits per heavy atom. The van der Waals surface area contributed by atoms with Crippen LogP contribution in [0.3, 0.4) is 0 Å². The second-order valence-electron chi connectivity index (χ2n) is 5.99. The summed E-state index contributed by atoms with van der Waals surface area (Å²) < 4.78 is 1.45. The lowest BCUT2D eigenvalue weighted by atomic mass is 10.1.